The van der Waals surface area contributed by atoms with Gasteiger partial charge in [-0.25, -0.2) is 4.79 Å². The second-order valence-corrected chi connectivity index (χ2v) is 5.99. The monoisotopic (exact) mass is 356 g/mol. The number of carboxylic acids is 1. The smallest absolute Gasteiger partial charge is 0.317 e. The van der Waals surface area contributed by atoms with Crippen LogP contribution in [0.3, 0.4) is 0 Å². The molecule has 0 aromatic heterocycles. The van der Waals surface area contributed by atoms with Gasteiger partial charge in [0.2, 0.25) is 0 Å². The van der Waals surface area contributed by atoms with Gasteiger partial charge in [-0.3, -0.25) is 4.79 Å². The quantitative estimate of drug-likeness (QED) is 0.787. The Morgan fingerprint density at radius 2 is 1.90 bits per heavy atom. The van der Waals surface area contributed by atoms with E-state index in [1.54, 1.807) is 4.90 Å². The fourth-order valence-corrected chi connectivity index (χ4v) is 2.14. The minimum absolute atomic E-state index is 0.0312. The second-order valence-electron chi connectivity index (χ2n) is 5.07. The molecule has 5 nitrogen and oxygen atoms in total. The van der Waals surface area contributed by atoms with E-state index in [1.807, 2.05) is 38.1 Å². The Labute approximate surface area is 133 Å². The molecule has 2 N–H and O–H groups in total. The number of rotatable bonds is 7. The van der Waals surface area contributed by atoms with Crippen LogP contribution in [-0.4, -0.2) is 34.6 Å². The largest absolute Gasteiger partial charge is 0.481 e. The summed E-state index contributed by atoms with van der Waals surface area (Å²) in [5.74, 6) is -0.839. The first kappa shape index (κ1) is 17.5. The van der Waals surface area contributed by atoms with Gasteiger partial charge in [0.1, 0.15) is 0 Å². The van der Waals surface area contributed by atoms with Crippen LogP contribution in [0.4, 0.5) is 4.79 Å². The van der Waals surface area contributed by atoms with Crippen molar-refractivity contribution in [3.05, 3.63) is 34.3 Å². The van der Waals surface area contributed by atoms with E-state index in [0.717, 1.165) is 10.0 Å². The molecular formula is C15H21BrN2O3. The molecule has 1 aromatic rings. The summed E-state index contributed by atoms with van der Waals surface area (Å²) < 4.78 is 0.995. The number of benzene rings is 1. The van der Waals surface area contributed by atoms with Crippen molar-refractivity contribution < 1.29 is 14.7 Å². The summed E-state index contributed by atoms with van der Waals surface area (Å²) in [6.07, 6.45) is 0.530. The number of nitrogens with zero attached hydrogens (tertiary/aromatic N) is 1. The van der Waals surface area contributed by atoms with Gasteiger partial charge in [0, 0.05) is 30.0 Å². The number of hydrogen-bond acceptors (Lipinski definition) is 2. The Kier molecular flexibility index (Phi) is 7.22. The van der Waals surface area contributed by atoms with Gasteiger partial charge >= 0.3 is 12.0 Å². The normalized spacial score (nSPS) is 10.5. The van der Waals surface area contributed by atoms with Gasteiger partial charge in [-0.2, -0.15) is 0 Å². The lowest BCUT2D eigenvalue weighted by Crippen LogP contribution is -2.44. The van der Waals surface area contributed by atoms with Gasteiger partial charge in [0.15, 0.2) is 0 Å². The SMILES string of the molecule is CC(C)N(CCCC(=O)O)C(=O)NCc1ccc(Br)cc1. The first-order valence-corrected chi connectivity index (χ1v) is 7.70. The van der Waals surface area contributed by atoms with E-state index in [9.17, 15) is 9.59 Å². The molecule has 6 heteroatoms. The Bertz CT molecular complexity index is 474. The Morgan fingerprint density at radius 3 is 2.43 bits per heavy atom. The number of hydrogen-bond donors (Lipinski definition) is 2. The molecular weight excluding hydrogens is 336 g/mol. The fourth-order valence-electron chi connectivity index (χ4n) is 1.88. The molecule has 0 atom stereocenters. The van der Waals surface area contributed by atoms with Crippen LogP contribution in [-0.2, 0) is 11.3 Å². The van der Waals surface area contributed by atoms with Crippen molar-refractivity contribution in [2.75, 3.05) is 6.54 Å². The van der Waals surface area contributed by atoms with Crippen molar-refractivity contribution in [3.8, 4) is 0 Å². The van der Waals surface area contributed by atoms with Crippen molar-refractivity contribution in [1.82, 2.24) is 10.2 Å². The summed E-state index contributed by atoms with van der Waals surface area (Å²) in [4.78, 5) is 24.3. The zero-order valence-corrected chi connectivity index (χ0v) is 13.9. The Balaban J connectivity index is 2.48. The first-order chi connectivity index (χ1) is 9.90. The van der Waals surface area contributed by atoms with Gasteiger partial charge in [-0.1, -0.05) is 28.1 Å². The third-order valence-corrected chi connectivity index (χ3v) is 3.56. The number of carboxylic acid groups (broad SMARTS) is 1. The molecule has 0 bridgehead atoms. The van der Waals surface area contributed by atoms with E-state index in [2.05, 4.69) is 21.2 Å². The lowest BCUT2D eigenvalue weighted by Gasteiger charge is -2.26. The summed E-state index contributed by atoms with van der Waals surface area (Å²) in [7, 11) is 0. The predicted octanol–water partition coefficient (Wildman–Crippen LogP) is 3.23. The highest BCUT2D eigenvalue weighted by Gasteiger charge is 2.16. The second kappa shape index (κ2) is 8.67. The molecule has 0 heterocycles. The van der Waals surface area contributed by atoms with Crippen molar-refractivity contribution in [2.24, 2.45) is 0 Å². The zero-order valence-electron chi connectivity index (χ0n) is 12.3. The van der Waals surface area contributed by atoms with Crippen LogP contribution in [0.25, 0.3) is 0 Å². The minimum atomic E-state index is -0.839. The third-order valence-electron chi connectivity index (χ3n) is 3.03. The first-order valence-electron chi connectivity index (χ1n) is 6.91. The molecule has 0 spiro atoms. The van der Waals surface area contributed by atoms with Crippen molar-refractivity contribution in [2.45, 2.75) is 39.3 Å². The highest BCUT2D eigenvalue weighted by molar-refractivity contribution is 9.10. The topological polar surface area (TPSA) is 69.6 Å². The van der Waals surface area contributed by atoms with Crippen molar-refractivity contribution in [1.29, 1.82) is 0 Å². The number of carbonyl (C=O) groups excluding carboxylic acids is 1. The van der Waals surface area contributed by atoms with Crippen LogP contribution in [0.2, 0.25) is 0 Å². The fraction of sp³-hybridized carbons (Fsp3) is 0.467. The standard InChI is InChI=1S/C15H21BrN2O3/c1-11(2)18(9-3-4-14(19)20)15(21)17-10-12-5-7-13(16)8-6-12/h5-8,11H,3-4,9-10H2,1-2H3,(H,17,21)(H,19,20). The molecule has 0 saturated heterocycles. The zero-order chi connectivity index (χ0) is 15.8. The summed E-state index contributed by atoms with van der Waals surface area (Å²) in [5.41, 5.74) is 1.01. The minimum Gasteiger partial charge on any atom is -0.481 e. The molecule has 0 aliphatic rings. The summed E-state index contributed by atoms with van der Waals surface area (Å²) >= 11 is 3.36. The number of aliphatic carboxylic acids is 1. The van der Waals surface area contributed by atoms with Crippen LogP contribution >= 0.6 is 15.9 Å². The molecule has 1 rings (SSSR count). The molecule has 0 unspecified atom stereocenters. The number of halogens is 1. The average molecular weight is 357 g/mol. The maximum absolute atomic E-state index is 12.2. The van der Waals surface area contributed by atoms with Crippen LogP contribution < -0.4 is 5.32 Å². The van der Waals surface area contributed by atoms with Gasteiger partial charge < -0.3 is 15.3 Å². The van der Waals surface area contributed by atoms with Crippen LogP contribution in [0.15, 0.2) is 28.7 Å². The van der Waals surface area contributed by atoms with E-state index in [4.69, 9.17) is 5.11 Å². The highest BCUT2D eigenvalue weighted by Crippen LogP contribution is 2.10. The van der Waals surface area contributed by atoms with Crippen LogP contribution in [0.1, 0.15) is 32.3 Å². The average Bonchev–Trinajstić information content (AvgIpc) is 2.42. The van der Waals surface area contributed by atoms with E-state index >= 15 is 0 Å². The number of urea groups is 1. The van der Waals surface area contributed by atoms with E-state index in [-0.39, 0.29) is 18.5 Å². The molecule has 0 saturated carbocycles. The molecule has 0 fully saturated rings. The lowest BCUT2D eigenvalue weighted by atomic mass is 10.2. The Morgan fingerprint density at radius 1 is 1.29 bits per heavy atom. The molecule has 0 radical (unpaired) electrons. The number of nitrogens with one attached hydrogen (secondary N) is 1. The Hall–Kier alpha value is -1.56. The molecule has 21 heavy (non-hydrogen) atoms. The van der Waals surface area contributed by atoms with E-state index in [1.165, 1.54) is 0 Å². The molecule has 2 amide bonds. The predicted molar refractivity (Wildman–Crippen MR) is 85.1 cm³/mol. The van der Waals surface area contributed by atoms with Crippen LogP contribution in [0.5, 0.6) is 0 Å². The van der Waals surface area contributed by atoms with Crippen LogP contribution in [0, 0.1) is 0 Å². The summed E-state index contributed by atoms with van der Waals surface area (Å²) in [5, 5.41) is 11.5. The molecule has 116 valence electrons. The van der Waals surface area contributed by atoms with E-state index < -0.39 is 5.97 Å². The van der Waals surface area contributed by atoms with Crippen molar-refractivity contribution in [3.63, 3.8) is 0 Å². The lowest BCUT2D eigenvalue weighted by molar-refractivity contribution is -0.137. The molecule has 1 aromatic carbocycles. The number of carbonyl (C=O) groups is 2. The maximum atomic E-state index is 12.2. The maximum Gasteiger partial charge on any atom is 0.317 e. The van der Waals surface area contributed by atoms with Crippen molar-refractivity contribution >= 4 is 27.9 Å². The summed E-state index contributed by atoms with van der Waals surface area (Å²) in [6.45, 7) is 4.73. The number of amides is 2. The van der Waals surface area contributed by atoms with Gasteiger partial charge in [-0.05, 0) is 38.0 Å². The summed E-state index contributed by atoms with van der Waals surface area (Å²) in [6, 6.07) is 7.59. The third kappa shape index (κ3) is 6.62. The highest BCUT2D eigenvalue weighted by atomic mass is 79.9. The van der Waals surface area contributed by atoms with Gasteiger partial charge in [0.25, 0.3) is 0 Å². The van der Waals surface area contributed by atoms with Gasteiger partial charge in [-0.15, -0.1) is 0 Å². The molecule has 0 aliphatic carbocycles. The van der Waals surface area contributed by atoms with E-state index in [0.29, 0.717) is 19.5 Å². The molecule has 0 aliphatic heterocycles. The van der Waals surface area contributed by atoms with Gasteiger partial charge in [0.05, 0.1) is 0 Å².